The van der Waals surface area contributed by atoms with E-state index in [9.17, 15) is 4.79 Å². The topological polar surface area (TPSA) is 59.3 Å². The summed E-state index contributed by atoms with van der Waals surface area (Å²) in [5, 5.41) is 8.49. The summed E-state index contributed by atoms with van der Waals surface area (Å²) in [5.41, 5.74) is 2.17. The quantitative estimate of drug-likeness (QED) is 0.583. The molecule has 2 aromatic carbocycles. The summed E-state index contributed by atoms with van der Waals surface area (Å²) in [4.78, 5) is 12.0. The van der Waals surface area contributed by atoms with Crippen LogP contribution in [0.3, 0.4) is 0 Å². The molecule has 0 bridgehead atoms. The maximum atomic E-state index is 12.0. The number of hydrogen-bond donors (Lipinski definition) is 0. The Morgan fingerprint density at radius 3 is 2.50 bits per heavy atom. The zero-order valence-electron chi connectivity index (χ0n) is 12.5. The number of esters is 1. The summed E-state index contributed by atoms with van der Waals surface area (Å²) in [6.45, 7) is 0.00600. The lowest BCUT2D eigenvalue weighted by Crippen LogP contribution is -1.97. The molecule has 1 heterocycles. The molecular formula is C19H12BrNO3. The van der Waals surface area contributed by atoms with Crippen LogP contribution in [-0.2, 0) is 9.53 Å². The molecule has 0 radical (unpaired) electrons. The average molecular weight is 382 g/mol. The van der Waals surface area contributed by atoms with Gasteiger partial charge in [0.1, 0.15) is 17.6 Å². The first-order valence-corrected chi connectivity index (χ1v) is 7.96. The van der Waals surface area contributed by atoms with Gasteiger partial charge in [0.15, 0.2) is 6.61 Å². The molecule has 0 saturated carbocycles. The molecule has 5 heteroatoms. The minimum absolute atomic E-state index is 0.00600. The second-order valence-corrected chi connectivity index (χ2v) is 5.94. The third-order valence-corrected chi connectivity index (χ3v) is 3.89. The molecule has 0 saturated heterocycles. The molecule has 0 fully saturated rings. The summed E-state index contributed by atoms with van der Waals surface area (Å²) in [7, 11) is 0. The Kier molecular flexibility index (Phi) is 4.78. The first kappa shape index (κ1) is 16.0. The van der Waals surface area contributed by atoms with E-state index in [4.69, 9.17) is 14.7 Å². The van der Waals surface area contributed by atoms with Crippen LogP contribution in [0.2, 0.25) is 0 Å². The molecule has 0 unspecified atom stereocenters. The number of cyclic esters (lactones) is 1. The highest BCUT2D eigenvalue weighted by molar-refractivity contribution is 9.10. The van der Waals surface area contributed by atoms with Crippen LogP contribution in [0.25, 0.3) is 11.8 Å². The Labute approximate surface area is 147 Å². The third kappa shape index (κ3) is 3.73. The highest BCUT2D eigenvalue weighted by Crippen LogP contribution is 2.28. The highest BCUT2D eigenvalue weighted by atomic mass is 79.9. The van der Waals surface area contributed by atoms with Crippen molar-refractivity contribution in [1.82, 2.24) is 0 Å². The zero-order valence-corrected chi connectivity index (χ0v) is 14.1. The first-order chi connectivity index (χ1) is 11.7. The Morgan fingerprint density at radius 1 is 1.12 bits per heavy atom. The van der Waals surface area contributed by atoms with Crippen molar-refractivity contribution in [3.05, 3.63) is 75.8 Å². The van der Waals surface area contributed by atoms with Crippen molar-refractivity contribution in [2.75, 3.05) is 6.61 Å². The maximum absolute atomic E-state index is 12.0. The standard InChI is InChI=1S/C19H12BrNO3/c20-16-5-3-14(4-6-16)18-12-15(19(22)24-18)11-13-1-7-17(8-2-13)23-10-9-21/h1-8,11-12H,10H2/b15-11+. The maximum Gasteiger partial charge on any atom is 0.343 e. The molecule has 4 nitrogen and oxygen atoms in total. The van der Waals surface area contributed by atoms with E-state index in [0.29, 0.717) is 17.1 Å². The summed E-state index contributed by atoms with van der Waals surface area (Å²) >= 11 is 3.38. The Morgan fingerprint density at radius 2 is 1.83 bits per heavy atom. The van der Waals surface area contributed by atoms with Gasteiger partial charge in [-0.25, -0.2) is 4.79 Å². The van der Waals surface area contributed by atoms with E-state index in [-0.39, 0.29) is 12.6 Å². The summed E-state index contributed by atoms with van der Waals surface area (Å²) in [6, 6.07) is 16.6. The van der Waals surface area contributed by atoms with E-state index in [1.165, 1.54) is 0 Å². The van der Waals surface area contributed by atoms with Crippen molar-refractivity contribution in [3.63, 3.8) is 0 Å². The van der Waals surface area contributed by atoms with Crippen LogP contribution in [0.5, 0.6) is 5.75 Å². The fourth-order valence-corrected chi connectivity index (χ4v) is 2.47. The second-order valence-electron chi connectivity index (χ2n) is 5.02. The molecule has 0 N–H and O–H groups in total. The lowest BCUT2D eigenvalue weighted by atomic mass is 10.1. The van der Waals surface area contributed by atoms with Crippen molar-refractivity contribution < 1.29 is 14.3 Å². The number of nitriles is 1. The van der Waals surface area contributed by atoms with E-state index in [0.717, 1.165) is 15.6 Å². The lowest BCUT2D eigenvalue weighted by molar-refractivity contribution is -0.130. The monoisotopic (exact) mass is 381 g/mol. The van der Waals surface area contributed by atoms with E-state index in [2.05, 4.69) is 15.9 Å². The minimum atomic E-state index is -0.377. The predicted molar refractivity (Wildman–Crippen MR) is 93.7 cm³/mol. The van der Waals surface area contributed by atoms with Crippen LogP contribution >= 0.6 is 15.9 Å². The van der Waals surface area contributed by atoms with Crippen LogP contribution in [-0.4, -0.2) is 12.6 Å². The van der Waals surface area contributed by atoms with Gasteiger partial charge in [0.05, 0.1) is 5.57 Å². The molecule has 3 rings (SSSR count). The molecule has 2 aromatic rings. The molecule has 0 amide bonds. The minimum Gasteiger partial charge on any atom is -0.479 e. The van der Waals surface area contributed by atoms with Crippen LogP contribution in [0.4, 0.5) is 0 Å². The fourth-order valence-electron chi connectivity index (χ4n) is 2.20. The van der Waals surface area contributed by atoms with E-state index in [1.54, 1.807) is 24.3 Å². The number of benzene rings is 2. The van der Waals surface area contributed by atoms with Crippen molar-refractivity contribution in [3.8, 4) is 11.8 Å². The predicted octanol–water partition coefficient (Wildman–Crippen LogP) is 4.33. The van der Waals surface area contributed by atoms with Gasteiger partial charge in [-0.05, 0) is 42.0 Å². The third-order valence-electron chi connectivity index (χ3n) is 3.36. The number of carbonyl (C=O) groups is 1. The average Bonchev–Trinajstić information content (AvgIpc) is 2.95. The van der Waals surface area contributed by atoms with Gasteiger partial charge in [0.25, 0.3) is 0 Å². The van der Waals surface area contributed by atoms with Gasteiger partial charge in [0.2, 0.25) is 0 Å². The normalized spacial score (nSPS) is 14.9. The van der Waals surface area contributed by atoms with Gasteiger partial charge in [-0.3, -0.25) is 0 Å². The first-order valence-electron chi connectivity index (χ1n) is 7.17. The van der Waals surface area contributed by atoms with Crippen molar-refractivity contribution in [2.45, 2.75) is 0 Å². The fraction of sp³-hybridized carbons (Fsp3) is 0.0526. The Hall–Kier alpha value is -2.84. The molecule has 118 valence electrons. The number of halogens is 1. The van der Waals surface area contributed by atoms with Crippen molar-refractivity contribution in [1.29, 1.82) is 5.26 Å². The number of ether oxygens (including phenoxy) is 2. The van der Waals surface area contributed by atoms with E-state index >= 15 is 0 Å². The molecule has 24 heavy (non-hydrogen) atoms. The van der Waals surface area contributed by atoms with Gasteiger partial charge < -0.3 is 9.47 Å². The number of hydrogen-bond acceptors (Lipinski definition) is 4. The number of nitrogens with zero attached hydrogens (tertiary/aromatic N) is 1. The van der Waals surface area contributed by atoms with Crippen LogP contribution in [0.1, 0.15) is 11.1 Å². The molecular weight excluding hydrogens is 370 g/mol. The van der Waals surface area contributed by atoms with Gasteiger partial charge >= 0.3 is 5.97 Å². The molecule has 0 spiro atoms. The van der Waals surface area contributed by atoms with E-state index in [1.807, 2.05) is 42.5 Å². The summed E-state index contributed by atoms with van der Waals surface area (Å²) in [6.07, 6.45) is 3.48. The van der Waals surface area contributed by atoms with Crippen LogP contribution in [0.15, 0.2) is 64.7 Å². The molecule has 0 aliphatic carbocycles. The molecule has 0 aromatic heterocycles. The Balaban J connectivity index is 1.80. The number of carbonyl (C=O) groups excluding carboxylic acids is 1. The van der Waals surface area contributed by atoms with Gasteiger partial charge in [0, 0.05) is 10.0 Å². The largest absolute Gasteiger partial charge is 0.479 e. The summed E-state index contributed by atoms with van der Waals surface area (Å²) in [5.74, 6) is 0.768. The lowest BCUT2D eigenvalue weighted by Gasteiger charge is -2.01. The molecule has 1 aliphatic heterocycles. The summed E-state index contributed by atoms with van der Waals surface area (Å²) < 4.78 is 11.5. The van der Waals surface area contributed by atoms with Gasteiger partial charge in [-0.1, -0.05) is 40.2 Å². The number of rotatable bonds is 4. The van der Waals surface area contributed by atoms with Crippen molar-refractivity contribution in [2.24, 2.45) is 0 Å². The molecule has 1 aliphatic rings. The Bertz CT molecular complexity index is 859. The second kappa shape index (κ2) is 7.16. The highest BCUT2D eigenvalue weighted by Gasteiger charge is 2.21. The van der Waals surface area contributed by atoms with Gasteiger partial charge in [-0.2, -0.15) is 5.26 Å². The zero-order chi connectivity index (χ0) is 16.9. The van der Waals surface area contributed by atoms with Gasteiger partial charge in [-0.15, -0.1) is 0 Å². The smallest absolute Gasteiger partial charge is 0.343 e. The SMILES string of the molecule is N#CCOc1ccc(/C=C2\C=C(c3ccc(Br)cc3)OC2=O)cc1. The molecule has 0 atom stereocenters. The van der Waals surface area contributed by atoms with Crippen molar-refractivity contribution >= 4 is 33.7 Å². The van der Waals surface area contributed by atoms with E-state index < -0.39 is 0 Å². The van der Waals surface area contributed by atoms with Crippen LogP contribution < -0.4 is 4.74 Å². The van der Waals surface area contributed by atoms with Crippen LogP contribution in [0, 0.1) is 11.3 Å².